The SMILES string of the molecule is CC(=O)NC(C(=O)O)C1(O)CN(CCCCCc2ccc3c(n2)NCCC3)C1. The van der Waals surface area contributed by atoms with Gasteiger partial charge in [-0.3, -0.25) is 9.69 Å². The van der Waals surface area contributed by atoms with Crippen molar-refractivity contribution in [1.29, 1.82) is 0 Å². The summed E-state index contributed by atoms with van der Waals surface area (Å²) in [6, 6.07) is 3.04. The normalized spacial score (nSPS) is 19.1. The third-order valence-corrected chi connectivity index (χ3v) is 5.49. The fourth-order valence-electron chi connectivity index (χ4n) is 4.02. The van der Waals surface area contributed by atoms with Crippen molar-refractivity contribution in [2.45, 2.75) is 57.1 Å². The van der Waals surface area contributed by atoms with Crippen LogP contribution in [0.25, 0.3) is 0 Å². The largest absolute Gasteiger partial charge is 0.480 e. The Balaban J connectivity index is 1.34. The van der Waals surface area contributed by atoms with Crippen LogP contribution in [0.4, 0.5) is 5.82 Å². The van der Waals surface area contributed by atoms with E-state index in [0.717, 1.165) is 63.1 Å². The lowest BCUT2D eigenvalue weighted by Gasteiger charge is -2.49. The van der Waals surface area contributed by atoms with Crippen LogP contribution >= 0.6 is 0 Å². The lowest BCUT2D eigenvalue weighted by Crippen LogP contribution is -2.72. The molecule has 2 aliphatic heterocycles. The first-order valence-corrected chi connectivity index (χ1v) is 10.0. The third-order valence-electron chi connectivity index (χ3n) is 5.49. The number of nitrogens with one attached hydrogen (secondary N) is 2. The Kier molecular flexibility index (Phi) is 6.51. The second kappa shape index (κ2) is 8.87. The molecule has 1 fully saturated rings. The summed E-state index contributed by atoms with van der Waals surface area (Å²) in [5.41, 5.74) is 1.03. The Morgan fingerprint density at radius 3 is 2.82 bits per heavy atom. The monoisotopic (exact) mass is 390 g/mol. The molecule has 0 aromatic carbocycles. The molecule has 0 spiro atoms. The zero-order valence-electron chi connectivity index (χ0n) is 16.4. The van der Waals surface area contributed by atoms with E-state index in [1.807, 2.05) is 4.90 Å². The number of amides is 1. The number of carbonyl (C=O) groups excluding carboxylic acids is 1. The minimum Gasteiger partial charge on any atom is -0.480 e. The molecular formula is C20H30N4O4. The number of hydrogen-bond acceptors (Lipinski definition) is 6. The second-order valence-electron chi connectivity index (χ2n) is 7.94. The highest BCUT2D eigenvalue weighted by molar-refractivity contribution is 5.83. The number of carboxylic acid groups (broad SMARTS) is 1. The molecule has 0 bridgehead atoms. The molecule has 8 heteroatoms. The first-order valence-electron chi connectivity index (χ1n) is 10.0. The van der Waals surface area contributed by atoms with Crippen molar-refractivity contribution in [3.05, 3.63) is 23.4 Å². The van der Waals surface area contributed by atoms with Crippen LogP contribution in [-0.2, 0) is 22.4 Å². The maximum atomic E-state index is 11.3. The number of pyridine rings is 1. The molecule has 1 aromatic heterocycles. The number of aliphatic hydroxyl groups is 1. The highest BCUT2D eigenvalue weighted by Crippen LogP contribution is 2.26. The van der Waals surface area contributed by atoms with E-state index < -0.39 is 23.5 Å². The number of anilines is 1. The maximum Gasteiger partial charge on any atom is 0.329 e. The van der Waals surface area contributed by atoms with E-state index in [-0.39, 0.29) is 13.1 Å². The van der Waals surface area contributed by atoms with Gasteiger partial charge in [0.1, 0.15) is 11.4 Å². The molecule has 1 atom stereocenters. The molecule has 154 valence electrons. The number of fused-ring (bicyclic) bond motifs is 1. The number of aromatic nitrogens is 1. The highest BCUT2D eigenvalue weighted by atomic mass is 16.4. The molecule has 4 N–H and O–H groups in total. The Hall–Kier alpha value is -2.19. The molecule has 3 rings (SSSR count). The summed E-state index contributed by atoms with van der Waals surface area (Å²) >= 11 is 0. The van der Waals surface area contributed by atoms with Crippen LogP contribution in [0.1, 0.15) is 43.9 Å². The van der Waals surface area contributed by atoms with Gasteiger partial charge in [0.2, 0.25) is 5.91 Å². The van der Waals surface area contributed by atoms with Crippen LogP contribution in [0.2, 0.25) is 0 Å². The molecule has 1 amide bonds. The van der Waals surface area contributed by atoms with Gasteiger partial charge in [0.05, 0.1) is 0 Å². The van der Waals surface area contributed by atoms with E-state index >= 15 is 0 Å². The number of aliphatic carboxylic acids is 1. The number of rotatable bonds is 9. The molecular weight excluding hydrogens is 360 g/mol. The van der Waals surface area contributed by atoms with Crippen molar-refractivity contribution in [3.8, 4) is 0 Å². The molecule has 8 nitrogen and oxygen atoms in total. The van der Waals surface area contributed by atoms with Crippen molar-refractivity contribution < 1.29 is 19.8 Å². The second-order valence-corrected chi connectivity index (χ2v) is 7.94. The van der Waals surface area contributed by atoms with Gasteiger partial charge < -0.3 is 20.8 Å². The standard InChI is InChI=1S/C20H30N4O4/c1-14(25)22-17(19(26)27)20(28)12-24(13-20)11-4-2-3-7-16-9-8-15-6-5-10-21-18(15)23-16/h8-9,17,28H,2-7,10-13H2,1H3,(H,21,23)(H,22,25)(H,26,27). The van der Waals surface area contributed by atoms with Gasteiger partial charge in [-0.05, 0) is 50.3 Å². The zero-order chi connectivity index (χ0) is 20.1. The third kappa shape index (κ3) is 4.99. The molecule has 28 heavy (non-hydrogen) atoms. The van der Waals surface area contributed by atoms with Crippen molar-refractivity contribution in [2.24, 2.45) is 0 Å². The summed E-state index contributed by atoms with van der Waals surface area (Å²) in [7, 11) is 0. The van der Waals surface area contributed by atoms with Gasteiger partial charge >= 0.3 is 5.97 Å². The summed E-state index contributed by atoms with van der Waals surface area (Å²) in [6.07, 6.45) is 6.29. The van der Waals surface area contributed by atoms with Crippen LogP contribution in [0, 0.1) is 0 Å². The number of likely N-dealkylation sites (tertiary alicyclic amines) is 1. The number of aryl methyl sites for hydroxylation is 2. The van der Waals surface area contributed by atoms with E-state index in [1.54, 1.807) is 0 Å². The van der Waals surface area contributed by atoms with Crippen LogP contribution < -0.4 is 10.6 Å². The summed E-state index contributed by atoms with van der Waals surface area (Å²) in [5.74, 6) is -0.620. The minimum atomic E-state index is -1.39. The Morgan fingerprint density at radius 2 is 2.11 bits per heavy atom. The van der Waals surface area contributed by atoms with E-state index in [4.69, 9.17) is 4.98 Å². The van der Waals surface area contributed by atoms with Gasteiger partial charge in [-0.2, -0.15) is 0 Å². The van der Waals surface area contributed by atoms with Crippen molar-refractivity contribution >= 4 is 17.7 Å². The Labute approximate surface area is 165 Å². The van der Waals surface area contributed by atoms with Gasteiger partial charge in [-0.1, -0.05) is 12.5 Å². The number of nitrogens with zero attached hydrogens (tertiary/aromatic N) is 2. The molecule has 1 unspecified atom stereocenters. The lowest BCUT2D eigenvalue weighted by atomic mass is 9.85. The fourth-order valence-corrected chi connectivity index (χ4v) is 4.02. The van der Waals surface area contributed by atoms with Crippen LogP contribution in [0.3, 0.4) is 0 Å². The van der Waals surface area contributed by atoms with Gasteiger partial charge in [-0.15, -0.1) is 0 Å². The molecule has 2 aliphatic rings. The fraction of sp³-hybridized carbons (Fsp3) is 0.650. The Bertz CT molecular complexity index is 718. The average Bonchev–Trinajstić information content (AvgIpc) is 2.63. The van der Waals surface area contributed by atoms with E-state index in [0.29, 0.717) is 0 Å². The van der Waals surface area contributed by atoms with Crippen molar-refractivity contribution in [3.63, 3.8) is 0 Å². The molecule has 1 saturated heterocycles. The van der Waals surface area contributed by atoms with Gasteiger partial charge in [0.25, 0.3) is 0 Å². The lowest BCUT2D eigenvalue weighted by molar-refractivity contribution is -0.165. The molecule has 0 aliphatic carbocycles. The van der Waals surface area contributed by atoms with Gasteiger partial charge in [0, 0.05) is 32.3 Å². The summed E-state index contributed by atoms with van der Waals surface area (Å²) in [5, 5.41) is 25.4. The first-order chi connectivity index (χ1) is 13.4. The number of carbonyl (C=O) groups is 2. The summed E-state index contributed by atoms with van der Waals surface area (Å²) in [4.78, 5) is 29.2. The molecule has 0 radical (unpaired) electrons. The highest BCUT2D eigenvalue weighted by Gasteiger charge is 2.50. The minimum absolute atomic E-state index is 0.266. The van der Waals surface area contributed by atoms with Crippen LogP contribution in [0.15, 0.2) is 12.1 Å². The molecule has 1 aromatic rings. The van der Waals surface area contributed by atoms with Crippen LogP contribution in [0.5, 0.6) is 0 Å². The number of carboxylic acids is 1. The van der Waals surface area contributed by atoms with E-state index in [9.17, 15) is 19.8 Å². The van der Waals surface area contributed by atoms with Gasteiger partial charge in [0.15, 0.2) is 6.04 Å². The average molecular weight is 390 g/mol. The quantitative estimate of drug-likeness (QED) is 0.461. The predicted octanol–water partition coefficient (Wildman–Crippen LogP) is 0.788. The topological polar surface area (TPSA) is 115 Å². The van der Waals surface area contributed by atoms with Crippen molar-refractivity contribution in [2.75, 3.05) is 31.5 Å². The smallest absolute Gasteiger partial charge is 0.329 e. The Morgan fingerprint density at radius 1 is 1.32 bits per heavy atom. The van der Waals surface area contributed by atoms with Crippen molar-refractivity contribution in [1.82, 2.24) is 15.2 Å². The number of β-amino-alcohol motifs (C(OH)–C–C–N with tert-alkyl or cyclic N) is 1. The van der Waals surface area contributed by atoms with E-state index in [2.05, 4.69) is 22.8 Å². The maximum absolute atomic E-state index is 11.3. The van der Waals surface area contributed by atoms with E-state index in [1.165, 1.54) is 12.5 Å². The first kappa shape index (κ1) is 20.5. The number of unbranched alkanes of at least 4 members (excludes halogenated alkanes) is 2. The number of hydrogen-bond donors (Lipinski definition) is 4. The van der Waals surface area contributed by atoms with Gasteiger partial charge in [-0.25, -0.2) is 9.78 Å². The molecule has 0 saturated carbocycles. The predicted molar refractivity (Wildman–Crippen MR) is 105 cm³/mol. The van der Waals surface area contributed by atoms with Crippen LogP contribution in [-0.4, -0.2) is 69.8 Å². The summed E-state index contributed by atoms with van der Waals surface area (Å²) < 4.78 is 0. The zero-order valence-corrected chi connectivity index (χ0v) is 16.4. The summed E-state index contributed by atoms with van der Waals surface area (Å²) in [6.45, 7) is 3.60. The molecule has 3 heterocycles.